The van der Waals surface area contributed by atoms with Crippen molar-refractivity contribution >= 4 is 14.2 Å². The van der Waals surface area contributed by atoms with Gasteiger partial charge in [-0.2, -0.15) is 5.06 Å². The first-order valence-electron chi connectivity index (χ1n) is 8.79. The van der Waals surface area contributed by atoms with Crippen molar-refractivity contribution in [2.45, 2.75) is 44.4 Å². The number of fused-ring (bicyclic) bond motifs is 1. The van der Waals surface area contributed by atoms with Gasteiger partial charge in [-0.25, -0.2) is 4.79 Å². The van der Waals surface area contributed by atoms with Crippen molar-refractivity contribution in [2.24, 2.45) is 17.8 Å². The molecule has 1 amide bonds. The minimum atomic E-state index is -1.10. The fourth-order valence-electron chi connectivity index (χ4n) is 4.32. The summed E-state index contributed by atoms with van der Waals surface area (Å²) in [6, 6.07) is 11.1. The van der Waals surface area contributed by atoms with Crippen LogP contribution in [0, 0.1) is 17.8 Å². The van der Waals surface area contributed by atoms with E-state index >= 15 is 0 Å². The molecule has 0 spiro atoms. The van der Waals surface area contributed by atoms with Gasteiger partial charge in [0.05, 0.1) is 6.04 Å². The Labute approximate surface area is 144 Å². The summed E-state index contributed by atoms with van der Waals surface area (Å²) in [6.07, 6.45) is 3.96. The molecule has 2 fully saturated rings. The molecule has 4 aliphatic rings. The molecule has 1 saturated carbocycles. The van der Waals surface area contributed by atoms with Gasteiger partial charge >= 0.3 is 6.09 Å². The van der Waals surface area contributed by atoms with Crippen molar-refractivity contribution in [2.75, 3.05) is 0 Å². The average Bonchev–Trinajstić information content (AvgIpc) is 3.28. The Hall–Kier alpha value is -1.59. The summed E-state index contributed by atoms with van der Waals surface area (Å²) in [6.45, 7) is 7.53. The Morgan fingerprint density at radius 3 is 2.62 bits per heavy atom. The molecule has 2 aliphatic heterocycles. The minimum absolute atomic E-state index is 0.0459. The molecule has 4 nitrogen and oxygen atoms in total. The summed E-state index contributed by atoms with van der Waals surface area (Å²) in [4.78, 5) is 18.4. The number of rotatable bonds is 4. The molecule has 5 rings (SSSR count). The SMILES string of the molecule is C[Si](C)(C)C[C@@H]1[C@@H]2[C@H]1[C@@H]1C=C[C@H]2N(C(=O)OCc2ccccc2)O1. The van der Waals surface area contributed by atoms with E-state index in [4.69, 9.17) is 9.57 Å². The highest BCUT2D eigenvalue weighted by molar-refractivity contribution is 6.76. The standard InChI is InChI=1S/C19H25NO3Si/c1-24(2,3)12-14-17-15-9-10-16(18(14)17)23-20(15)19(21)22-11-13-7-5-4-6-8-13/h4-10,14-18H,11-12H2,1-3H3/t14-,15-,16+,17+,18-/m1/s1. The second-order valence-electron chi connectivity index (χ2n) is 8.39. The van der Waals surface area contributed by atoms with E-state index < -0.39 is 8.07 Å². The Kier molecular flexibility index (Phi) is 3.80. The summed E-state index contributed by atoms with van der Waals surface area (Å²) in [7, 11) is -1.10. The molecular weight excluding hydrogens is 318 g/mol. The number of benzene rings is 1. The number of amides is 1. The molecule has 2 bridgehead atoms. The van der Waals surface area contributed by atoms with Gasteiger partial charge in [0.2, 0.25) is 0 Å². The fraction of sp³-hybridized carbons (Fsp3) is 0.526. The lowest BCUT2D eigenvalue weighted by Crippen LogP contribution is -2.50. The predicted octanol–water partition coefficient (Wildman–Crippen LogP) is 4.08. The third-order valence-corrected chi connectivity index (χ3v) is 7.00. The number of hydroxylamine groups is 2. The molecule has 5 heteroatoms. The van der Waals surface area contributed by atoms with Gasteiger partial charge in [0.15, 0.2) is 0 Å². The first-order valence-corrected chi connectivity index (χ1v) is 12.5. The minimum Gasteiger partial charge on any atom is -0.443 e. The molecule has 1 aromatic rings. The Morgan fingerprint density at radius 2 is 1.92 bits per heavy atom. The van der Waals surface area contributed by atoms with Crippen LogP contribution in [0.25, 0.3) is 0 Å². The normalized spacial score (nSPS) is 33.3. The highest BCUT2D eigenvalue weighted by atomic mass is 28.3. The van der Waals surface area contributed by atoms with Crippen LogP contribution >= 0.6 is 0 Å². The Bertz CT molecular complexity index is 654. The number of ether oxygens (including phenoxy) is 1. The van der Waals surface area contributed by atoms with Crippen LogP contribution in [-0.4, -0.2) is 31.4 Å². The van der Waals surface area contributed by atoms with E-state index in [0.29, 0.717) is 17.8 Å². The second-order valence-corrected chi connectivity index (χ2v) is 13.9. The highest BCUT2D eigenvalue weighted by Gasteiger charge is 2.65. The van der Waals surface area contributed by atoms with E-state index in [-0.39, 0.29) is 24.8 Å². The smallest absolute Gasteiger partial charge is 0.434 e. The monoisotopic (exact) mass is 343 g/mol. The topological polar surface area (TPSA) is 38.8 Å². The summed E-state index contributed by atoms with van der Waals surface area (Å²) in [5.74, 6) is 1.86. The van der Waals surface area contributed by atoms with Gasteiger partial charge < -0.3 is 4.74 Å². The lowest BCUT2D eigenvalue weighted by molar-refractivity contribution is -0.213. The largest absolute Gasteiger partial charge is 0.443 e. The first kappa shape index (κ1) is 15.9. The number of nitrogens with zero attached hydrogens (tertiary/aromatic N) is 1. The maximum absolute atomic E-state index is 12.5. The van der Waals surface area contributed by atoms with Gasteiger partial charge in [0, 0.05) is 8.07 Å². The van der Waals surface area contributed by atoms with Gasteiger partial charge in [-0.05, 0) is 23.3 Å². The van der Waals surface area contributed by atoms with Crippen molar-refractivity contribution in [3.8, 4) is 0 Å². The number of hydrogen-bond donors (Lipinski definition) is 0. The van der Waals surface area contributed by atoms with Crippen molar-refractivity contribution in [3.63, 3.8) is 0 Å². The zero-order valence-electron chi connectivity index (χ0n) is 14.5. The zero-order chi connectivity index (χ0) is 16.9. The maximum Gasteiger partial charge on any atom is 0.434 e. The maximum atomic E-state index is 12.5. The lowest BCUT2D eigenvalue weighted by Gasteiger charge is -2.38. The van der Waals surface area contributed by atoms with Gasteiger partial charge in [0.1, 0.15) is 12.7 Å². The summed E-state index contributed by atoms with van der Waals surface area (Å²) < 4.78 is 5.46. The Morgan fingerprint density at radius 1 is 1.17 bits per heavy atom. The van der Waals surface area contributed by atoms with E-state index in [9.17, 15) is 4.79 Å². The molecular formula is C19H25NO3Si. The molecule has 2 aliphatic carbocycles. The highest BCUT2D eigenvalue weighted by Crippen LogP contribution is 2.61. The van der Waals surface area contributed by atoms with Crippen LogP contribution in [0.15, 0.2) is 42.5 Å². The van der Waals surface area contributed by atoms with Crippen molar-refractivity contribution < 1.29 is 14.4 Å². The van der Waals surface area contributed by atoms with Gasteiger partial charge in [-0.3, -0.25) is 4.84 Å². The van der Waals surface area contributed by atoms with E-state index in [2.05, 4.69) is 31.8 Å². The van der Waals surface area contributed by atoms with Crippen LogP contribution in [0.5, 0.6) is 0 Å². The van der Waals surface area contributed by atoms with Crippen molar-refractivity contribution in [1.29, 1.82) is 0 Å². The van der Waals surface area contributed by atoms with E-state index in [1.807, 2.05) is 30.3 Å². The lowest BCUT2D eigenvalue weighted by atomic mass is 9.99. The van der Waals surface area contributed by atoms with E-state index in [0.717, 1.165) is 5.56 Å². The van der Waals surface area contributed by atoms with E-state index in [1.54, 1.807) is 0 Å². The van der Waals surface area contributed by atoms with Gasteiger partial charge in [-0.15, -0.1) is 0 Å². The fourth-order valence-corrected chi connectivity index (χ4v) is 6.28. The quantitative estimate of drug-likeness (QED) is 0.611. The molecule has 128 valence electrons. The second kappa shape index (κ2) is 5.74. The van der Waals surface area contributed by atoms with Gasteiger partial charge in [0.25, 0.3) is 0 Å². The molecule has 0 N–H and O–H groups in total. The van der Waals surface area contributed by atoms with Crippen LogP contribution in [0.3, 0.4) is 0 Å². The molecule has 24 heavy (non-hydrogen) atoms. The van der Waals surface area contributed by atoms with Gasteiger partial charge in [-0.1, -0.05) is 68.2 Å². The molecule has 1 saturated heterocycles. The zero-order valence-corrected chi connectivity index (χ0v) is 15.5. The third kappa shape index (κ3) is 2.91. The molecule has 0 aromatic heterocycles. The van der Waals surface area contributed by atoms with E-state index in [1.165, 1.54) is 11.1 Å². The average molecular weight is 343 g/mol. The predicted molar refractivity (Wildman–Crippen MR) is 94.9 cm³/mol. The molecule has 0 unspecified atom stereocenters. The summed E-state index contributed by atoms with van der Waals surface area (Å²) >= 11 is 0. The molecule has 5 atom stereocenters. The van der Waals surface area contributed by atoms with Crippen molar-refractivity contribution in [1.82, 2.24) is 5.06 Å². The van der Waals surface area contributed by atoms with Crippen LogP contribution < -0.4 is 0 Å². The summed E-state index contributed by atoms with van der Waals surface area (Å²) in [5, 5.41) is 1.49. The van der Waals surface area contributed by atoms with Crippen LogP contribution in [0.2, 0.25) is 25.7 Å². The van der Waals surface area contributed by atoms with Crippen LogP contribution in [0.1, 0.15) is 5.56 Å². The first-order chi connectivity index (χ1) is 11.4. The number of carbonyl (C=O) groups is 1. The number of hydrogen-bond acceptors (Lipinski definition) is 3. The van der Waals surface area contributed by atoms with Crippen LogP contribution in [-0.2, 0) is 16.2 Å². The molecule has 2 heterocycles. The van der Waals surface area contributed by atoms with Crippen LogP contribution in [0.4, 0.5) is 4.79 Å². The third-order valence-electron chi connectivity index (χ3n) is 5.30. The number of carbonyl (C=O) groups excluding carboxylic acids is 1. The molecule has 1 aromatic carbocycles. The molecule has 0 radical (unpaired) electrons. The van der Waals surface area contributed by atoms with Crippen molar-refractivity contribution in [3.05, 3.63) is 48.0 Å². The Balaban J connectivity index is 1.40. The summed E-state index contributed by atoms with van der Waals surface area (Å²) in [5.41, 5.74) is 0.990.